The third-order valence-corrected chi connectivity index (χ3v) is 3.72. The molecule has 0 saturated heterocycles. The molecule has 1 aromatic heterocycles. The Bertz CT molecular complexity index is 332. The molecule has 0 radical (unpaired) electrons. The molecule has 2 rings (SSSR count). The van der Waals surface area contributed by atoms with E-state index in [0.29, 0.717) is 12.1 Å². The van der Waals surface area contributed by atoms with E-state index in [1.54, 1.807) is 0 Å². The van der Waals surface area contributed by atoms with Crippen molar-refractivity contribution in [2.75, 3.05) is 6.54 Å². The molecule has 3 nitrogen and oxygen atoms in total. The summed E-state index contributed by atoms with van der Waals surface area (Å²) in [7, 11) is 0. The SMILES string of the molecule is CCCNC1CCCCCC1n1ccc(C)n1. The molecular weight excluding hydrogens is 210 g/mol. The summed E-state index contributed by atoms with van der Waals surface area (Å²) >= 11 is 0. The fraction of sp³-hybridized carbons (Fsp3) is 0.786. The van der Waals surface area contributed by atoms with E-state index in [-0.39, 0.29) is 0 Å². The van der Waals surface area contributed by atoms with Crippen molar-refractivity contribution in [3.8, 4) is 0 Å². The van der Waals surface area contributed by atoms with Crippen LogP contribution in [0.4, 0.5) is 0 Å². The molecular formula is C14H25N3. The minimum Gasteiger partial charge on any atom is -0.312 e. The van der Waals surface area contributed by atoms with Gasteiger partial charge in [-0.25, -0.2) is 0 Å². The standard InChI is InChI=1S/C14H25N3/c1-3-10-15-13-7-5-4-6-8-14(13)17-11-9-12(2)16-17/h9,11,13-15H,3-8,10H2,1-2H3. The number of nitrogens with one attached hydrogen (secondary N) is 1. The van der Waals surface area contributed by atoms with Gasteiger partial charge in [-0.3, -0.25) is 4.68 Å². The molecule has 2 unspecified atom stereocenters. The highest BCUT2D eigenvalue weighted by Gasteiger charge is 2.24. The molecule has 1 aliphatic rings. The number of aryl methyl sites for hydroxylation is 1. The Balaban J connectivity index is 2.08. The van der Waals surface area contributed by atoms with Crippen molar-refractivity contribution in [1.82, 2.24) is 15.1 Å². The molecule has 1 aliphatic carbocycles. The van der Waals surface area contributed by atoms with Crippen LogP contribution in [0.25, 0.3) is 0 Å². The second-order valence-electron chi connectivity index (χ2n) is 5.20. The summed E-state index contributed by atoms with van der Waals surface area (Å²) < 4.78 is 2.19. The van der Waals surface area contributed by atoms with E-state index >= 15 is 0 Å². The summed E-state index contributed by atoms with van der Waals surface area (Å²) in [6.07, 6.45) is 9.99. The zero-order chi connectivity index (χ0) is 12.1. The van der Waals surface area contributed by atoms with Gasteiger partial charge in [-0.15, -0.1) is 0 Å². The third-order valence-electron chi connectivity index (χ3n) is 3.72. The predicted octanol–water partition coefficient (Wildman–Crippen LogP) is 3.06. The molecule has 17 heavy (non-hydrogen) atoms. The minimum absolute atomic E-state index is 0.553. The zero-order valence-electron chi connectivity index (χ0n) is 11.2. The highest BCUT2D eigenvalue weighted by molar-refractivity contribution is 4.98. The summed E-state index contributed by atoms with van der Waals surface area (Å²) in [6.45, 7) is 5.43. The van der Waals surface area contributed by atoms with E-state index in [9.17, 15) is 0 Å². The monoisotopic (exact) mass is 235 g/mol. The molecule has 2 atom stereocenters. The second kappa shape index (κ2) is 6.20. The predicted molar refractivity (Wildman–Crippen MR) is 71.2 cm³/mol. The summed E-state index contributed by atoms with van der Waals surface area (Å²) in [5, 5.41) is 8.32. The maximum atomic E-state index is 4.61. The molecule has 0 aliphatic heterocycles. The second-order valence-corrected chi connectivity index (χ2v) is 5.20. The van der Waals surface area contributed by atoms with E-state index < -0.39 is 0 Å². The fourth-order valence-corrected chi connectivity index (χ4v) is 2.79. The van der Waals surface area contributed by atoms with Crippen molar-refractivity contribution in [3.05, 3.63) is 18.0 Å². The van der Waals surface area contributed by atoms with Gasteiger partial charge in [0.1, 0.15) is 0 Å². The molecule has 3 heteroatoms. The number of rotatable bonds is 4. The van der Waals surface area contributed by atoms with Crippen LogP contribution in [-0.4, -0.2) is 22.4 Å². The van der Waals surface area contributed by atoms with Gasteiger partial charge in [0, 0.05) is 12.2 Å². The minimum atomic E-state index is 0.553. The maximum absolute atomic E-state index is 4.61. The first-order chi connectivity index (χ1) is 8.31. The maximum Gasteiger partial charge on any atom is 0.0672 e. The Kier molecular flexibility index (Phi) is 4.60. The van der Waals surface area contributed by atoms with Gasteiger partial charge in [-0.1, -0.05) is 26.2 Å². The normalized spacial score (nSPS) is 25.8. The van der Waals surface area contributed by atoms with E-state index in [2.05, 4.69) is 41.2 Å². The third kappa shape index (κ3) is 3.32. The van der Waals surface area contributed by atoms with Crippen molar-refractivity contribution in [2.24, 2.45) is 0 Å². The van der Waals surface area contributed by atoms with Gasteiger partial charge in [-0.2, -0.15) is 5.10 Å². The van der Waals surface area contributed by atoms with Gasteiger partial charge in [-0.05, 0) is 38.8 Å². The average Bonchev–Trinajstić information content (AvgIpc) is 2.63. The Morgan fingerprint density at radius 3 is 2.88 bits per heavy atom. The van der Waals surface area contributed by atoms with Crippen molar-refractivity contribution in [2.45, 2.75) is 64.5 Å². The molecule has 1 aromatic rings. The average molecular weight is 235 g/mol. The van der Waals surface area contributed by atoms with Gasteiger partial charge in [0.05, 0.1) is 11.7 Å². The lowest BCUT2D eigenvalue weighted by molar-refractivity contribution is 0.309. The Morgan fingerprint density at radius 1 is 1.35 bits per heavy atom. The molecule has 96 valence electrons. The highest BCUT2D eigenvalue weighted by atomic mass is 15.3. The van der Waals surface area contributed by atoms with Crippen molar-refractivity contribution < 1.29 is 0 Å². The van der Waals surface area contributed by atoms with Crippen LogP contribution in [0.2, 0.25) is 0 Å². The smallest absolute Gasteiger partial charge is 0.0672 e. The van der Waals surface area contributed by atoms with Crippen LogP contribution in [0.1, 0.15) is 57.2 Å². The first kappa shape index (κ1) is 12.6. The van der Waals surface area contributed by atoms with Gasteiger partial charge < -0.3 is 5.32 Å². The van der Waals surface area contributed by atoms with Crippen LogP contribution in [0.15, 0.2) is 12.3 Å². The summed E-state index contributed by atoms with van der Waals surface area (Å²) in [6, 6.07) is 3.27. The molecule has 1 saturated carbocycles. The van der Waals surface area contributed by atoms with Crippen LogP contribution >= 0.6 is 0 Å². The van der Waals surface area contributed by atoms with Gasteiger partial charge >= 0.3 is 0 Å². The number of hydrogen-bond acceptors (Lipinski definition) is 2. The first-order valence-electron chi connectivity index (χ1n) is 7.06. The summed E-state index contributed by atoms with van der Waals surface area (Å²) in [5.74, 6) is 0. The van der Waals surface area contributed by atoms with E-state index in [0.717, 1.165) is 12.2 Å². The molecule has 1 N–H and O–H groups in total. The Labute approximate surface area is 105 Å². The molecule has 0 spiro atoms. The van der Waals surface area contributed by atoms with Crippen LogP contribution in [0.5, 0.6) is 0 Å². The van der Waals surface area contributed by atoms with E-state index in [1.807, 2.05) is 0 Å². The number of hydrogen-bond donors (Lipinski definition) is 1. The number of nitrogens with zero attached hydrogens (tertiary/aromatic N) is 2. The molecule has 0 bridgehead atoms. The first-order valence-corrected chi connectivity index (χ1v) is 7.06. The Hall–Kier alpha value is -0.830. The van der Waals surface area contributed by atoms with Crippen LogP contribution in [-0.2, 0) is 0 Å². The Morgan fingerprint density at radius 2 is 2.18 bits per heavy atom. The fourth-order valence-electron chi connectivity index (χ4n) is 2.79. The zero-order valence-corrected chi connectivity index (χ0v) is 11.2. The van der Waals surface area contributed by atoms with E-state index in [1.165, 1.54) is 38.5 Å². The quantitative estimate of drug-likeness (QED) is 0.813. The summed E-state index contributed by atoms with van der Waals surface area (Å²) in [4.78, 5) is 0. The molecule has 1 fully saturated rings. The van der Waals surface area contributed by atoms with Crippen LogP contribution < -0.4 is 5.32 Å². The van der Waals surface area contributed by atoms with E-state index in [4.69, 9.17) is 0 Å². The van der Waals surface area contributed by atoms with Gasteiger partial charge in [0.25, 0.3) is 0 Å². The molecule has 0 aromatic carbocycles. The van der Waals surface area contributed by atoms with Crippen LogP contribution in [0.3, 0.4) is 0 Å². The van der Waals surface area contributed by atoms with Gasteiger partial charge in [0.15, 0.2) is 0 Å². The topological polar surface area (TPSA) is 29.9 Å². The molecule has 1 heterocycles. The van der Waals surface area contributed by atoms with Crippen molar-refractivity contribution >= 4 is 0 Å². The number of aromatic nitrogens is 2. The highest BCUT2D eigenvalue weighted by Crippen LogP contribution is 2.27. The lowest BCUT2D eigenvalue weighted by Gasteiger charge is -2.26. The lowest BCUT2D eigenvalue weighted by Crippen LogP contribution is -2.37. The van der Waals surface area contributed by atoms with Gasteiger partial charge in [0.2, 0.25) is 0 Å². The molecule has 0 amide bonds. The van der Waals surface area contributed by atoms with Crippen molar-refractivity contribution in [1.29, 1.82) is 0 Å². The van der Waals surface area contributed by atoms with Crippen LogP contribution in [0, 0.1) is 6.92 Å². The van der Waals surface area contributed by atoms with Crippen molar-refractivity contribution in [3.63, 3.8) is 0 Å². The lowest BCUT2D eigenvalue weighted by atomic mass is 10.0. The summed E-state index contributed by atoms with van der Waals surface area (Å²) in [5.41, 5.74) is 1.13. The largest absolute Gasteiger partial charge is 0.312 e.